The smallest absolute Gasteiger partial charge is 0.291 e. The molecular formula is C20H19NO2S. The number of hydrogen-bond donors (Lipinski definition) is 1. The van der Waals surface area contributed by atoms with Crippen LogP contribution >= 0.6 is 11.8 Å². The largest absolute Gasteiger partial charge is 0.459 e. The van der Waals surface area contributed by atoms with Gasteiger partial charge in [0, 0.05) is 21.9 Å². The highest BCUT2D eigenvalue weighted by atomic mass is 32.2. The lowest BCUT2D eigenvalue weighted by molar-refractivity contribution is 0.0995. The van der Waals surface area contributed by atoms with Crippen molar-refractivity contribution in [2.24, 2.45) is 0 Å². The van der Waals surface area contributed by atoms with Crippen LogP contribution < -0.4 is 5.32 Å². The zero-order valence-electron chi connectivity index (χ0n) is 13.5. The molecular weight excluding hydrogens is 318 g/mol. The first-order chi connectivity index (χ1) is 11.8. The Hall–Kier alpha value is -2.46. The Kier molecular flexibility index (Phi) is 5.39. The van der Waals surface area contributed by atoms with E-state index in [0.717, 1.165) is 23.2 Å². The molecule has 3 nitrogen and oxygen atoms in total. The number of amides is 1. The summed E-state index contributed by atoms with van der Waals surface area (Å²) in [4.78, 5) is 13.7. The van der Waals surface area contributed by atoms with Crippen molar-refractivity contribution in [2.75, 3.05) is 5.32 Å². The molecule has 24 heavy (non-hydrogen) atoms. The molecule has 0 saturated carbocycles. The maximum absolute atomic E-state index is 12.6. The fourth-order valence-corrected chi connectivity index (χ4v) is 3.36. The number of carbonyl (C=O) groups excluding carboxylic acids is 1. The number of carbonyl (C=O) groups is 1. The van der Waals surface area contributed by atoms with E-state index >= 15 is 0 Å². The van der Waals surface area contributed by atoms with Gasteiger partial charge in [-0.15, -0.1) is 11.8 Å². The van der Waals surface area contributed by atoms with Gasteiger partial charge in [0.25, 0.3) is 5.91 Å². The quantitative estimate of drug-likeness (QED) is 0.613. The van der Waals surface area contributed by atoms with Crippen molar-refractivity contribution in [1.29, 1.82) is 0 Å². The average molecular weight is 337 g/mol. The summed E-state index contributed by atoms with van der Waals surface area (Å²) in [6.45, 7) is 2.07. The molecule has 1 amide bonds. The Balaban J connectivity index is 1.71. The van der Waals surface area contributed by atoms with E-state index in [1.54, 1.807) is 18.0 Å². The number of anilines is 1. The van der Waals surface area contributed by atoms with Crippen molar-refractivity contribution in [3.8, 4) is 0 Å². The third-order valence-corrected chi connectivity index (χ3v) is 4.80. The van der Waals surface area contributed by atoms with E-state index in [4.69, 9.17) is 4.42 Å². The van der Waals surface area contributed by atoms with Gasteiger partial charge in [-0.3, -0.25) is 4.79 Å². The molecule has 0 aliphatic carbocycles. The predicted molar refractivity (Wildman–Crippen MR) is 98.5 cm³/mol. The van der Waals surface area contributed by atoms with Crippen LogP contribution in [-0.4, -0.2) is 5.91 Å². The first-order valence-electron chi connectivity index (χ1n) is 7.91. The molecule has 0 unspecified atom stereocenters. The van der Waals surface area contributed by atoms with Crippen molar-refractivity contribution in [3.05, 3.63) is 83.8 Å². The van der Waals surface area contributed by atoms with E-state index in [1.165, 1.54) is 4.90 Å². The summed E-state index contributed by atoms with van der Waals surface area (Å²) in [6, 6.07) is 19.8. The van der Waals surface area contributed by atoms with E-state index in [1.807, 2.05) is 48.5 Å². The highest BCUT2D eigenvalue weighted by Crippen LogP contribution is 2.25. The van der Waals surface area contributed by atoms with Gasteiger partial charge in [0.1, 0.15) is 0 Å². The van der Waals surface area contributed by atoms with Gasteiger partial charge >= 0.3 is 0 Å². The maximum atomic E-state index is 12.6. The fraction of sp³-hybridized carbons (Fsp3) is 0.150. The Labute approximate surface area is 146 Å². The summed E-state index contributed by atoms with van der Waals surface area (Å²) >= 11 is 1.68. The predicted octanol–water partition coefficient (Wildman–Crippen LogP) is 5.39. The minimum Gasteiger partial charge on any atom is -0.459 e. The van der Waals surface area contributed by atoms with Crippen LogP contribution in [0.1, 0.15) is 28.6 Å². The van der Waals surface area contributed by atoms with Crippen molar-refractivity contribution >= 4 is 23.4 Å². The molecule has 0 bridgehead atoms. The summed E-state index contributed by atoms with van der Waals surface area (Å²) in [6.07, 6.45) is 2.44. The molecule has 2 aromatic carbocycles. The van der Waals surface area contributed by atoms with Gasteiger partial charge in [-0.05, 0) is 36.2 Å². The summed E-state index contributed by atoms with van der Waals surface area (Å²) in [5.41, 5.74) is 2.84. The minimum atomic E-state index is -0.204. The summed E-state index contributed by atoms with van der Waals surface area (Å²) in [5.74, 6) is 0.868. The van der Waals surface area contributed by atoms with Crippen LogP contribution in [-0.2, 0) is 12.2 Å². The van der Waals surface area contributed by atoms with Crippen LogP contribution in [0.5, 0.6) is 0 Å². The molecule has 3 rings (SSSR count). The van der Waals surface area contributed by atoms with Crippen molar-refractivity contribution < 1.29 is 9.21 Å². The normalized spacial score (nSPS) is 10.5. The van der Waals surface area contributed by atoms with E-state index in [-0.39, 0.29) is 5.91 Å². The number of hydrogen-bond acceptors (Lipinski definition) is 3. The number of benzene rings is 2. The molecule has 1 heterocycles. The van der Waals surface area contributed by atoms with Crippen LogP contribution in [0.2, 0.25) is 0 Å². The Morgan fingerprint density at radius 1 is 1.00 bits per heavy atom. The van der Waals surface area contributed by atoms with Crippen LogP contribution in [0.15, 0.2) is 76.2 Å². The first kappa shape index (κ1) is 16.4. The molecule has 0 radical (unpaired) electrons. The lowest BCUT2D eigenvalue weighted by atomic mass is 10.1. The number of thioether (sulfide) groups is 1. The Morgan fingerprint density at radius 2 is 1.75 bits per heavy atom. The second-order valence-electron chi connectivity index (χ2n) is 5.34. The van der Waals surface area contributed by atoms with Gasteiger partial charge < -0.3 is 9.73 Å². The number of furan rings is 1. The first-order valence-corrected chi connectivity index (χ1v) is 8.90. The Morgan fingerprint density at radius 3 is 2.54 bits per heavy atom. The molecule has 1 aromatic heterocycles. The summed E-state index contributed by atoms with van der Waals surface area (Å²) in [7, 11) is 0. The molecule has 0 saturated heterocycles. The van der Waals surface area contributed by atoms with Gasteiger partial charge in [0.05, 0.1) is 6.26 Å². The third kappa shape index (κ3) is 3.89. The van der Waals surface area contributed by atoms with Crippen molar-refractivity contribution in [3.63, 3.8) is 0 Å². The molecule has 0 aliphatic heterocycles. The number of rotatable bonds is 6. The summed E-state index contributed by atoms with van der Waals surface area (Å²) < 4.78 is 5.44. The summed E-state index contributed by atoms with van der Waals surface area (Å²) in [5, 5.41) is 2.96. The van der Waals surface area contributed by atoms with Gasteiger partial charge in [0.15, 0.2) is 5.76 Å². The van der Waals surface area contributed by atoms with Crippen molar-refractivity contribution in [2.45, 2.75) is 24.0 Å². The highest BCUT2D eigenvalue weighted by molar-refractivity contribution is 7.98. The molecule has 0 fully saturated rings. The lowest BCUT2D eigenvalue weighted by Gasteiger charge is -2.09. The molecule has 0 spiro atoms. The monoisotopic (exact) mass is 337 g/mol. The number of para-hydroxylation sites is 1. The van der Waals surface area contributed by atoms with E-state index in [0.29, 0.717) is 11.5 Å². The molecule has 122 valence electrons. The standard InChI is InChI=1S/C20H19NO2S/c1-2-15-8-6-7-11-18(15)21-20(22)19-16(12-13-23-19)14-24-17-9-4-3-5-10-17/h3-13H,2,14H2,1H3,(H,21,22). The van der Waals surface area contributed by atoms with E-state index < -0.39 is 0 Å². The molecule has 0 atom stereocenters. The van der Waals surface area contributed by atoms with Crippen molar-refractivity contribution in [1.82, 2.24) is 0 Å². The van der Waals surface area contributed by atoms with Crippen LogP contribution in [0, 0.1) is 0 Å². The van der Waals surface area contributed by atoms with E-state index in [9.17, 15) is 4.79 Å². The van der Waals surface area contributed by atoms with Crippen LogP contribution in [0.4, 0.5) is 5.69 Å². The second-order valence-corrected chi connectivity index (χ2v) is 6.39. The number of nitrogens with one attached hydrogen (secondary N) is 1. The van der Waals surface area contributed by atoms with Gasteiger partial charge in [-0.1, -0.05) is 43.3 Å². The third-order valence-electron chi connectivity index (χ3n) is 3.74. The maximum Gasteiger partial charge on any atom is 0.291 e. The minimum absolute atomic E-state index is 0.204. The Bertz CT molecular complexity index is 811. The number of aryl methyl sites for hydroxylation is 1. The lowest BCUT2D eigenvalue weighted by Crippen LogP contribution is -2.14. The average Bonchev–Trinajstić information content (AvgIpc) is 3.10. The van der Waals surface area contributed by atoms with Crippen LogP contribution in [0.3, 0.4) is 0 Å². The molecule has 3 aromatic rings. The molecule has 1 N–H and O–H groups in total. The SMILES string of the molecule is CCc1ccccc1NC(=O)c1occc1CSc1ccccc1. The topological polar surface area (TPSA) is 42.2 Å². The second kappa shape index (κ2) is 7.88. The van der Waals surface area contributed by atoms with Gasteiger partial charge in [-0.2, -0.15) is 0 Å². The van der Waals surface area contributed by atoms with E-state index in [2.05, 4.69) is 24.4 Å². The highest BCUT2D eigenvalue weighted by Gasteiger charge is 2.16. The molecule has 0 aliphatic rings. The zero-order chi connectivity index (χ0) is 16.8. The van der Waals surface area contributed by atoms with Gasteiger partial charge in [0.2, 0.25) is 0 Å². The van der Waals surface area contributed by atoms with Crippen LogP contribution in [0.25, 0.3) is 0 Å². The fourth-order valence-electron chi connectivity index (χ4n) is 2.46. The van der Waals surface area contributed by atoms with Gasteiger partial charge in [-0.25, -0.2) is 0 Å². The zero-order valence-corrected chi connectivity index (χ0v) is 14.3. The molecule has 4 heteroatoms.